The maximum atomic E-state index is 11.4. The molecule has 5 heteroatoms. The van der Waals surface area contributed by atoms with Gasteiger partial charge in [-0.15, -0.1) is 0 Å². The average Bonchev–Trinajstić information content (AvgIpc) is 2.77. The second-order valence-electron chi connectivity index (χ2n) is 4.94. The summed E-state index contributed by atoms with van der Waals surface area (Å²) < 4.78 is 22.8. The number of sulfone groups is 1. The SMILES string of the molecule is CS(=O)(=O)c1ccc(N2CCC(CCN)C2)cc1. The maximum Gasteiger partial charge on any atom is 0.175 e. The third-order valence-electron chi connectivity index (χ3n) is 3.49. The molecule has 0 amide bonds. The van der Waals surface area contributed by atoms with E-state index in [0.717, 1.165) is 31.7 Å². The Morgan fingerprint density at radius 2 is 2.00 bits per heavy atom. The Labute approximate surface area is 109 Å². The van der Waals surface area contributed by atoms with E-state index in [1.165, 1.54) is 12.7 Å². The van der Waals surface area contributed by atoms with Crippen LogP contribution in [0.1, 0.15) is 12.8 Å². The number of hydrogen-bond acceptors (Lipinski definition) is 4. The van der Waals surface area contributed by atoms with Gasteiger partial charge in [-0.2, -0.15) is 0 Å². The summed E-state index contributed by atoms with van der Waals surface area (Å²) in [5.74, 6) is 0.671. The van der Waals surface area contributed by atoms with E-state index in [1.807, 2.05) is 12.1 Å². The van der Waals surface area contributed by atoms with Gasteiger partial charge >= 0.3 is 0 Å². The van der Waals surface area contributed by atoms with Crippen LogP contribution in [0, 0.1) is 5.92 Å². The van der Waals surface area contributed by atoms with Crippen molar-refractivity contribution in [3.8, 4) is 0 Å². The molecule has 0 saturated carbocycles. The van der Waals surface area contributed by atoms with E-state index >= 15 is 0 Å². The first kappa shape index (κ1) is 13.4. The summed E-state index contributed by atoms with van der Waals surface area (Å²) in [4.78, 5) is 2.68. The molecule has 2 N–H and O–H groups in total. The molecule has 1 heterocycles. The highest BCUT2D eigenvalue weighted by molar-refractivity contribution is 7.90. The second kappa shape index (κ2) is 5.28. The summed E-state index contributed by atoms with van der Waals surface area (Å²) in [6.07, 6.45) is 3.47. The van der Waals surface area contributed by atoms with Crippen molar-refractivity contribution in [1.29, 1.82) is 0 Å². The van der Waals surface area contributed by atoms with Gasteiger partial charge in [-0.1, -0.05) is 0 Å². The largest absolute Gasteiger partial charge is 0.371 e. The number of nitrogens with zero attached hydrogens (tertiary/aromatic N) is 1. The van der Waals surface area contributed by atoms with Crippen LogP contribution < -0.4 is 10.6 Å². The molecule has 1 aromatic rings. The molecule has 1 aliphatic rings. The Hall–Kier alpha value is -1.07. The first-order valence-corrected chi connectivity index (χ1v) is 8.15. The minimum Gasteiger partial charge on any atom is -0.371 e. The number of benzene rings is 1. The van der Waals surface area contributed by atoms with E-state index in [-0.39, 0.29) is 0 Å². The van der Waals surface area contributed by atoms with Crippen LogP contribution in [-0.2, 0) is 9.84 Å². The molecular weight excluding hydrogens is 248 g/mol. The van der Waals surface area contributed by atoms with Crippen molar-refractivity contribution >= 4 is 15.5 Å². The van der Waals surface area contributed by atoms with Gasteiger partial charge in [0.15, 0.2) is 9.84 Å². The van der Waals surface area contributed by atoms with Crippen LogP contribution in [0.25, 0.3) is 0 Å². The van der Waals surface area contributed by atoms with Crippen molar-refractivity contribution in [1.82, 2.24) is 0 Å². The predicted molar refractivity (Wildman–Crippen MR) is 73.5 cm³/mol. The van der Waals surface area contributed by atoms with E-state index in [9.17, 15) is 8.42 Å². The van der Waals surface area contributed by atoms with Crippen molar-refractivity contribution in [2.75, 3.05) is 30.8 Å². The lowest BCUT2D eigenvalue weighted by Crippen LogP contribution is -2.20. The Kier molecular flexibility index (Phi) is 3.92. The van der Waals surface area contributed by atoms with Gasteiger partial charge in [0.05, 0.1) is 4.90 Å². The molecule has 0 spiro atoms. The molecule has 0 aliphatic carbocycles. The van der Waals surface area contributed by atoms with Gasteiger partial charge in [-0.3, -0.25) is 0 Å². The van der Waals surface area contributed by atoms with Gasteiger partial charge in [0.2, 0.25) is 0 Å². The van der Waals surface area contributed by atoms with Crippen LogP contribution in [0.3, 0.4) is 0 Å². The minimum atomic E-state index is -3.10. The van der Waals surface area contributed by atoms with Gasteiger partial charge in [0.25, 0.3) is 0 Å². The van der Waals surface area contributed by atoms with Crippen LogP contribution in [0.4, 0.5) is 5.69 Å². The Morgan fingerprint density at radius 3 is 2.56 bits per heavy atom. The van der Waals surface area contributed by atoms with Gasteiger partial charge in [0.1, 0.15) is 0 Å². The molecule has 1 atom stereocenters. The normalized spacial score (nSPS) is 20.3. The summed E-state index contributed by atoms with van der Waals surface area (Å²) >= 11 is 0. The number of nitrogens with two attached hydrogens (primary N) is 1. The fourth-order valence-corrected chi connectivity index (χ4v) is 3.07. The molecule has 2 rings (SSSR count). The van der Waals surface area contributed by atoms with E-state index in [1.54, 1.807) is 12.1 Å². The Balaban J connectivity index is 2.07. The first-order valence-electron chi connectivity index (χ1n) is 6.26. The maximum absolute atomic E-state index is 11.4. The van der Waals surface area contributed by atoms with Gasteiger partial charge in [0, 0.05) is 25.0 Å². The topological polar surface area (TPSA) is 63.4 Å². The third-order valence-corrected chi connectivity index (χ3v) is 4.62. The minimum absolute atomic E-state index is 0.379. The molecule has 1 unspecified atom stereocenters. The highest BCUT2D eigenvalue weighted by Gasteiger charge is 2.22. The van der Waals surface area contributed by atoms with E-state index < -0.39 is 9.84 Å². The Bertz CT molecular complexity index is 496. The lowest BCUT2D eigenvalue weighted by molar-refractivity contribution is 0.546. The fourth-order valence-electron chi connectivity index (χ4n) is 2.44. The third kappa shape index (κ3) is 3.03. The van der Waals surface area contributed by atoms with Crippen molar-refractivity contribution in [2.24, 2.45) is 11.7 Å². The molecular formula is C13H20N2O2S. The monoisotopic (exact) mass is 268 g/mol. The van der Waals surface area contributed by atoms with Crippen LogP contribution in [0.5, 0.6) is 0 Å². The Morgan fingerprint density at radius 1 is 1.33 bits per heavy atom. The fraction of sp³-hybridized carbons (Fsp3) is 0.538. The van der Waals surface area contributed by atoms with Gasteiger partial charge in [-0.05, 0) is 49.6 Å². The lowest BCUT2D eigenvalue weighted by Gasteiger charge is -2.18. The first-order chi connectivity index (χ1) is 8.50. The predicted octanol–water partition coefficient (Wildman–Crippen LogP) is 1.27. The van der Waals surface area contributed by atoms with Gasteiger partial charge < -0.3 is 10.6 Å². The molecule has 18 heavy (non-hydrogen) atoms. The smallest absolute Gasteiger partial charge is 0.175 e. The number of anilines is 1. The van der Waals surface area contributed by atoms with E-state index in [4.69, 9.17) is 5.73 Å². The highest BCUT2D eigenvalue weighted by atomic mass is 32.2. The van der Waals surface area contributed by atoms with Gasteiger partial charge in [-0.25, -0.2) is 8.42 Å². The van der Waals surface area contributed by atoms with Crippen molar-refractivity contribution in [3.05, 3.63) is 24.3 Å². The molecule has 4 nitrogen and oxygen atoms in total. The highest BCUT2D eigenvalue weighted by Crippen LogP contribution is 2.26. The summed E-state index contributed by atoms with van der Waals surface area (Å²) in [7, 11) is -3.10. The summed E-state index contributed by atoms with van der Waals surface area (Å²) in [5.41, 5.74) is 6.67. The molecule has 0 radical (unpaired) electrons. The molecule has 0 aromatic heterocycles. The molecule has 1 aliphatic heterocycles. The van der Waals surface area contributed by atoms with Crippen molar-refractivity contribution < 1.29 is 8.42 Å². The zero-order valence-corrected chi connectivity index (χ0v) is 11.5. The van der Waals surface area contributed by atoms with E-state index in [2.05, 4.69) is 4.90 Å². The molecule has 100 valence electrons. The quantitative estimate of drug-likeness (QED) is 0.893. The molecule has 1 saturated heterocycles. The zero-order valence-electron chi connectivity index (χ0n) is 10.7. The number of rotatable bonds is 4. The molecule has 1 fully saturated rings. The average molecular weight is 268 g/mol. The summed E-state index contributed by atoms with van der Waals surface area (Å²) in [6.45, 7) is 2.80. The molecule has 0 bridgehead atoms. The van der Waals surface area contributed by atoms with Crippen LogP contribution >= 0.6 is 0 Å². The van der Waals surface area contributed by atoms with E-state index in [0.29, 0.717) is 10.8 Å². The summed E-state index contributed by atoms with van der Waals surface area (Å²) in [6, 6.07) is 7.14. The standard InChI is InChI=1S/C13H20N2O2S/c1-18(16,17)13-4-2-12(3-5-13)15-9-7-11(10-15)6-8-14/h2-5,11H,6-10,14H2,1H3. The van der Waals surface area contributed by atoms with Crippen LogP contribution in [0.2, 0.25) is 0 Å². The zero-order chi connectivity index (χ0) is 13.2. The molecule has 1 aromatic carbocycles. The van der Waals surface area contributed by atoms with Crippen LogP contribution in [0.15, 0.2) is 29.2 Å². The summed E-state index contributed by atoms with van der Waals surface area (Å²) in [5, 5.41) is 0. The number of hydrogen-bond donors (Lipinski definition) is 1. The lowest BCUT2D eigenvalue weighted by atomic mass is 10.1. The van der Waals surface area contributed by atoms with Crippen molar-refractivity contribution in [2.45, 2.75) is 17.7 Å². The van der Waals surface area contributed by atoms with Crippen LogP contribution in [-0.4, -0.2) is 34.3 Å². The van der Waals surface area contributed by atoms with Crippen molar-refractivity contribution in [3.63, 3.8) is 0 Å². The second-order valence-corrected chi connectivity index (χ2v) is 6.96.